The quantitative estimate of drug-likeness (QED) is 0.832. The van der Waals surface area contributed by atoms with Crippen LogP contribution in [0.15, 0.2) is 29.2 Å². The van der Waals surface area contributed by atoms with Crippen LogP contribution in [0.3, 0.4) is 0 Å². The van der Waals surface area contributed by atoms with Crippen LogP contribution in [-0.4, -0.2) is 51.7 Å². The summed E-state index contributed by atoms with van der Waals surface area (Å²) in [7, 11) is -1.98. The molecule has 2 N–H and O–H groups in total. The number of methoxy groups -OCH3 is 1. The molecular weight excluding hydrogens is 328 g/mol. The number of hydrogen-bond donors (Lipinski definition) is 1. The number of hydrogen-bond acceptors (Lipinski definition) is 5. The first-order valence-corrected chi connectivity index (χ1v) is 9.88. The second-order valence-corrected chi connectivity index (χ2v) is 8.40. The van der Waals surface area contributed by atoms with E-state index in [0.717, 1.165) is 12.8 Å². The number of piperidine rings is 1. The molecule has 1 heterocycles. The molecule has 1 aromatic carbocycles. The van der Waals surface area contributed by atoms with Crippen molar-refractivity contribution in [2.24, 2.45) is 17.6 Å². The van der Waals surface area contributed by atoms with Crippen molar-refractivity contribution in [1.29, 1.82) is 0 Å². The maximum Gasteiger partial charge on any atom is 0.226 e. The number of rotatable bonds is 6. The summed E-state index contributed by atoms with van der Waals surface area (Å²) in [5, 5.41) is 0. The highest BCUT2D eigenvalue weighted by molar-refractivity contribution is 7.91. The lowest BCUT2D eigenvalue weighted by Gasteiger charge is -2.33. The van der Waals surface area contributed by atoms with Crippen LogP contribution in [0.4, 0.5) is 0 Å². The minimum Gasteiger partial charge on any atom is -0.497 e. The van der Waals surface area contributed by atoms with Gasteiger partial charge in [0.1, 0.15) is 5.75 Å². The number of sulfone groups is 1. The van der Waals surface area contributed by atoms with Crippen LogP contribution >= 0.6 is 0 Å². The summed E-state index contributed by atoms with van der Waals surface area (Å²) in [5.41, 5.74) is 5.66. The van der Waals surface area contributed by atoms with Crippen LogP contribution in [-0.2, 0) is 14.6 Å². The fourth-order valence-corrected chi connectivity index (χ4v) is 4.52. The summed E-state index contributed by atoms with van der Waals surface area (Å²) in [6, 6.07) is 6.24. The maximum absolute atomic E-state index is 12.5. The molecule has 1 amide bonds. The number of ether oxygens (including phenoxy) is 1. The molecule has 0 saturated carbocycles. The minimum atomic E-state index is -3.51. The van der Waals surface area contributed by atoms with Gasteiger partial charge in [0.25, 0.3) is 0 Å². The molecule has 0 bridgehead atoms. The molecule has 2 rings (SSSR count). The molecule has 1 aromatic rings. The van der Waals surface area contributed by atoms with E-state index in [0.29, 0.717) is 31.3 Å². The molecular formula is C17H26N2O4S. The maximum atomic E-state index is 12.5. The third-order valence-corrected chi connectivity index (χ3v) is 6.50. The Bertz CT molecular complexity index is 650. The number of benzene rings is 1. The van der Waals surface area contributed by atoms with Crippen LogP contribution in [0.25, 0.3) is 0 Å². The van der Waals surface area contributed by atoms with Gasteiger partial charge in [0, 0.05) is 19.0 Å². The SMILES string of the molecule is COc1ccc(S(=O)(=O)CC(C)C(=O)N2CCC(CN)CC2)cc1. The zero-order valence-electron chi connectivity index (χ0n) is 14.3. The van der Waals surface area contributed by atoms with Gasteiger partial charge in [0.2, 0.25) is 5.91 Å². The van der Waals surface area contributed by atoms with E-state index in [2.05, 4.69) is 0 Å². The lowest BCUT2D eigenvalue weighted by Crippen LogP contribution is -2.43. The van der Waals surface area contributed by atoms with E-state index in [1.54, 1.807) is 24.0 Å². The van der Waals surface area contributed by atoms with Gasteiger partial charge in [0.05, 0.1) is 17.8 Å². The lowest BCUT2D eigenvalue weighted by atomic mass is 9.96. The summed E-state index contributed by atoms with van der Waals surface area (Å²) >= 11 is 0. The number of nitrogens with two attached hydrogens (primary N) is 1. The first-order valence-electron chi connectivity index (χ1n) is 8.23. The second kappa shape index (κ2) is 7.98. The van der Waals surface area contributed by atoms with Gasteiger partial charge in [0.15, 0.2) is 9.84 Å². The first-order chi connectivity index (χ1) is 11.4. The molecule has 1 atom stereocenters. The van der Waals surface area contributed by atoms with Crippen molar-refractivity contribution < 1.29 is 17.9 Å². The molecule has 1 aliphatic rings. The Labute approximate surface area is 143 Å². The number of likely N-dealkylation sites (tertiary alicyclic amines) is 1. The summed E-state index contributed by atoms with van der Waals surface area (Å²) in [4.78, 5) is 14.5. The van der Waals surface area contributed by atoms with Crippen molar-refractivity contribution in [3.63, 3.8) is 0 Å². The molecule has 1 fully saturated rings. The van der Waals surface area contributed by atoms with Crippen LogP contribution < -0.4 is 10.5 Å². The van der Waals surface area contributed by atoms with Crippen molar-refractivity contribution in [3.05, 3.63) is 24.3 Å². The molecule has 134 valence electrons. The second-order valence-electron chi connectivity index (χ2n) is 6.36. The molecule has 0 radical (unpaired) electrons. The number of amides is 1. The fourth-order valence-electron chi connectivity index (χ4n) is 2.98. The van der Waals surface area contributed by atoms with Gasteiger partial charge in [-0.2, -0.15) is 0 Å². The van der Waals surface area contributed by atoms with Gasteiger partial charge in [-0.15, -0.1) is 0 Å². The van der Waals surface area contributed by atoms with E-state index in [4.69, 9.17) is 10.5 Å². The number of nitrogens with zero attached hydrogens (tertiary/aromatic N) is 1. The van der Waals surface area contributed by atoms with Crippen LogP contribution in [0.2, 0.25) is 0 Å². The average molecular weight is 354 g/mol. The Morgan fingerprint density at radius 2 is 1.88 bits per heavy atom. The molecule has 0 spiro atoms. The van der Waals surface area contributed by atoms with Gasteiger partial charge in [-0.3, -0.25) is 4.79 Å². The Hall–Kier alpha value is -1.60. The number of carbonyl (C=O) groups excluding carboxylic acids is 1. The van der Waals surface area contributed by atoms with E-state index in [1.165, 1.54) is 19.2 Å². The molecule has 1 unspecified atom stereocenters. The highest BCUT2D eigenvalue weighted by Crippen LogP contribution is 2.21. The summed E-state index contributed by atoms with van der Waals surface area (Å²) in [6.45, 7) is 3.64. The Kier molecular flexibility index (Phi) is 6.23. The van der Waals surface area contributed by atoms with Crippen LogP contribution in [0.1, 0.15) is 19.8 Å². The van der Waals surface area contributed by atoms with Crippen molar-refractivity contribution in [2.75, 3.05) is 32.5 Å². The Morgan fingerprint density at radius 3 is 2.38 bits per heavy atom. The van der Waals surface area contributed by atoms with Gasteiger partial charge >= 0.3 is 0 Å². The molecule has 0 aliphatic carbocycles. The van der Waals surface area contributed by atoms with Gasteiger partial charge in [-0.25, -0.2) is 8.42 Å². The van der Waals surface area contributed by atoms with E-state index in [1.807, 2.05) is 0 Å². The smallest absolute Gasteiger partial charge is 0.226 e. The first kappa shape index (κ1) is 18.7. The number of carbonyl (C=O) groups is 1. The normalized spacial score (nSPS) is 17.5. The standard InChI is InChI=1S/C17H26N2O4S/c1-13(17(20)19-9-7-14(11-18)8-10-19)12-24(21,22)16-5-3-15(23-2)4-6-16/h3-6,13-14H,7-12,18H2,1-2H3. The third-order valence-electron chi connectivity index (χ3n) is 4.57. The average Bonchev–Trinajstić information content (AvgIpc) is 2.60. The Morgan fingerprint density at radius 1 is 1.29 bits per heavy atom. The van der Waals surface area contributed by atoms with E-state index in [9.17, 15) is 13.2 Å². The lowest BCUT2D eigenvalue weighted by molar-refractivity contribution is -0.135. The zero-order chi connectivity index (χ0) is 17.7. The molecule has 1 aliphatic heterocycles. The van der Waals surface area contributed by atoms with Crippen LogP contribution in [0, 0.1) is 11.8 Å². The fraction of sp³-hybridized carbons (Fsp3) is 0.588. The molecule has 24 heavy (non-hydrogen) atoms. The van der Waals surface area contributed by atoms with Crippen molar-refractivity contribution in [1.82, 2.24) is 4.90 Å². The van der Waals surface area contributed by atoms with Gasteiger partial charge < -0.3 is 15.4 Å². The minimum absolute atomic E-state index is 0.0949. The topological polar surface area (TPSA) is 89.7 Å². The highest BCUT2D eigenvalue weighted by atomic mass is 32.2. The largest absolute Gasteiger partial charge is 0.497 e. The van der Waals surface area contributed by atoms with E-state index >= 15 is 0 Å². The summed E-state index contributed by atoms with van der Waals surface area (Å²) < 4.78 is 30.0. The predicted molar refractivity (Wildman–Crippen MR) is 92.6 cm³/mol. The summed E-state index contributed by atoms with van der Waals surface area (Å²) in [5.74, 6) is 0.219. The summed E-state index contributed by atoms with van der Waals surface area (Å²) in [6.07, 6.45) is 1.78. The molecule has 6 nitrogen and oxygen atoms in total. The van der Waals surface area contributed by atoms with Crippen LogP contribution in [0.5, 0.6) is 5.75 Å². The van der Waals surface area contributed by atoms with Crippen molar-refractivity contribution in [3.8, 4) is 5.75 Å². The third kappa shape index (κ3) is 4.48. The predicted octanol–water partition coefficient (Wildman–Crippen LogP) is 1.30. The highest BCUT2D eigenvalue weighted by Gasteiger charge is 2.29. The van der Waals surface area contributed by atoms with Gasteiger partial charge in [-0.1, -0.05) is 6.92 Å². The zero-order valence-corrected chi connectivity index (χ0v) is 15.1. The van der Waals surface area contributed by atoms with Crippen molar-refractivity contribution in [2.45, 2.75) is 24.7 Å². The monoisotopic (exact) mass is 354 g/mol. The van der Waals surface area contributed by atoms with Gasteiger partial charge in [-0.05, 0) is 49.6 Å². The van der Waals surface area contributed by atoms with E-state index < -0.39 is 15.8 Å². The molecule has 0 aromatic heterocycles. The molecule has 1 saturated heterocycles. The molecule has 7 heteroatoms. The van der Waals surface area contributed by atoms with E-state index in [-0.39, 0.29) is 16.6 Å². The Balaban J connectivity index is 1.99. The van der Waals surface area contributed by atoms with Crippen molar-refractivity contribution >= 4 is 15.7 Å².